The Morgan fingerprint density at radius 2 is 1.33 bits per heavy atom. The summed E-state index contributed by atoms with van der Waals surface area (Å²) in [5, 5.41) is 0.328. The Kier molecular flexibility index (Phi) is 5.12. The summed E-state index contributed by atoms with van der Waals surface area (Å²) in [4.78, 5) is 0.0785. The molecule has 9 heteroatoms. The molecule has 0 unspecified atom stereocenters. The van der Waals surface area contributed by atoms with Crippen molar-refractivity contribution in [3.05, 3.63) is 53.6 Å². The molecule has 0 bridgehead atoms. The summed E-state index contributed by atoms with van der Waals surface area (Å²) in [6, 6.07) is 12.2. The summed E-state index contributed by atoms with van der Waals surface area (Å²) in [6.07, 6.45) is 1.09. The van der Waals surface area contributed by atoms with Gasteiger partial charge >= 0.3 is 0 Å². The molecule has 2 aromatic rings. The third kappa shape index (κ3) is 3.82. The van der Waals surface area contributed by atoms with Crippen molar-refractivity contribution in [2.24, 2.45) is 0 Å². The summed E-state index contributed by atoms with van der Waals surface area (Å²) in [6.45, 7) is 0. The van der Waals surface area contributed by atoms with Gasteiger partial charge in [-0.05, 0) is 42.5 Å². The zero-order chi connectivity index (χ0) is 18.1. The second-order valence-electron chi connectivity index (χ2n) is 5.18. The van der Waals surface area contributed by atoms with E-state index in [9.17, 15) is 16.8 Å². The van der Waals surface area contributed by atoms with Crippen molar-refractivity contribution < 1.29 is 16.8 Å². The lowest BCUT2D eigenvalue weighted by molar-refractivity contribution is 0.594. The second kappa shape index (κ2) is 6.62. The standard InChI is InChI=1S/C15H17ClN2O4S2/c1-17(23(3,19)20)13-7-9-14(10-8-13)18(2)24(21,22)15-6-4-5-12(16)11-15/h4-11H,1-3H3. The van der Waals surface area contributed by atoms with Crippen molar-refractivity contribution in [1.29, 1.82) is 0 Å². The Balaban J connectivity index is 2.35. The van der Waals surface area contributed by atoms with Crippen LogP contribution < -0.4 is 8.61 Å². The molecule has 0 N–H and O–H groups in total. The van der Waals surface area contributed by atoms with Crippen molar-refractivity contribution in [2.45, 2.75) is 4.90 Å². The molecule has 130 valence electrons. The smallest absolute Gasteiger partial charge is 0.264 e. The average molecular weight is 389 g/mol. The zero-order valence-electron chi connectivity index (χ0n) is 13.3. The third-order valence-electron chi connectivity index (χ3n) is 3.53. The first kappa shape index (κ1) is 18.6. The molecular weight excluding hydrogens is 372 g/mol. The van der Waals surface area contributed by atoms with E-state index in [1.165, 1.54) is 26.2 Å². The Morgan fingerprint density at radius 1 is 0.833 bits per heavy atom. The van der Waals surface area contributed by atoms with Gasteiger partial charge in [-0.15, -0.1) is 0 Å². The van der Waals surface area contributed by atoms with Crippen LogP contribution in [0.4, 0.5) is 11.4 Å². The minimum atomic E-state index is -3.76. The van der Waals surface area contributed by atoms with E-state index in [2.05, 4.69) is 0 Å². The highest BCUT2D eigenvalue weighted by atomic mass is 35.5. The highest BCUT2D eigenvalue weighted by Crippen LogP contribution is 2.26. The molecule has 0 saturated heterocycles. The fourth-order valence-corrected chi connectivity index (χ4v) is 3.99. The Labute approximate surface area is 147 Å². The highest BCUT2D eigenvalue weighted by Gasteiger charge is 2.22. The summed E-state index contributed by atoms with van der Waals surface area (Å²) in [7, 11) is -4.29. The number of benzene rings is 2. The van der Waals surface area contributed by atoms with Crippen LogP contribution in [0.1, 0.15) is 0 Å². The van der Waals surface area contributed by atoms with Gasteiger partial charge in [-0.25, -0.2) is 16.8 Å². The predicted molar refractivity (Wildman–Crippen MR) is 96.7 cm³/mol. The maximum Gasteiger partial charge on any atom is 0.264 e. The average Bonchev–Trinajstić information content (AvgIpc) is 2.52. The van der Waals surface area contributed by atoms with E-state index in [1.807, 2.05) is 0 Å². The minimum Gasteiger partial charge on any atom is -0.274 e. The van der Waals surface area contributed by atoms with Crippen molar-refractivity contribution in [3.8, 4) is 0 Å². The van der Waals surface area contributed by atoms with Crippen molar-refractivity contribution in [1.82, 2.24) is 0 Å². The molecular formula is C15H17ClN2O4S2. The van der Waals surface area contributed by atoms with Gasteiger partial charge in [-0.3, -0.25) is 8.61 Å². The van der Waals surface area contributed by atoms with Crippen LogP contribution in [0.5, 0.6) is 0 Å². The van der Waals surface area contributed by atoms with Gasteiger partial charge in [0.05, 0.1) is 22.5 Å². The molecule has 0 aliphatic heterocycles. The van der Waals surface area contributed by atoms with E-state index in [0.29, 0.717) is 16.4 Å². The van der Waals surface area contributed by atoms with Gasteiger partial charge in [0.15, 0.2) is 0 Å². The maximum absolute atomic E-state index is 12.6. The van der Waals surface area contributed by atoms with E-state index in [0.717, 1.165) is 14.9 Å². The zero-order valence-corrected chi connectivity index (χ0v) is 15.7. The summed E-state index contributed by atoms with van der Waals surface area (Å²) in [5.74, 6) is 0. The molecule has 0 heterocycles. The number of hydrogen-bond acceptors (Lipinski definition) is 4. The van der Waals surface area contributed by atoms with Gasteiger partial charge in [0.25, 0.3) is 10.0 Å². The SMILES string of the molecule is CN(c1ccc(N(C)S(=O)(=O)c2cccc(Cl)c2)cc1)S(C)(=O)=O. The quantitative estimate of drug-likeness (QED) is 0.788. The Bertz CT molecular complexity index is 942. The van der Waals surface area contributed by atoms with Crippen LogP contribution in [-0.2, 0) is 20.0 Å². The Morgan fingerprint density at radius 3 is 1.79 bits per heavy atom. The van der Waals surface area contributed by atoms with Gasteiger partial charge in [0, 0.05) is 19.1 Å². The molecule has 24 heavy (non-hydrogen) atoms. The lowest BCUT2D eigenvalue weighted by atomic mass is 10.3. The first-order chi connectivity index (χ1) is 11.0. The van der Waals surface area contributed by atoms with E-state index in [4.69, 9.17) is 11.6 Å². The molecule has 2 aromatic carbocycles. The van der Waals surface area contributed by atoms with Crippen LogP contribution in [0.2, 0.25) is 5.02 Å². The van der Waals surface area contributed by atoms with Gasteiger partial charge < -0.3 is 0 Å². The molecule has 2 rings (SSSR count). The molecule has 0 aliphatic rings. The first-order valence-electron chi connectivity index (χ1n) is 6.82. The summed E-state index contributed by atoms with van der Waals surface area (Å²) < 4.78 is 50.5. The normalized spacial score (nSPS) is 12.0. The first-order valence-corrected chi connectivity index (χ1v) is 10.5. The molecule has 0 aliphatic carbocycles. The number of rotatable bonds is 5. The van der Waals surface area contributed by atoms with E-state index >= 15 is 0 Å². The van der Waals surface area contributed by atoms with Crippen molar-refractivity contribution in [3.63, 3.8) is 0 Å². The molecule has 0 radical (unpaired) electrons. The van der Waals surface area contributed by atoms with Gasteiger partial charge in [0.1, 0.15) is 0 Å². The molecule has 6 nitrogen and oxygen atoms in total. The highest BCUT2D eigenvalue weighted by molar-refractivity contribution is 7.93. The van der Waals surface area contributed by atoms with Crippen LogP contribution in [0.25, 0.3) is 0 Å². The van der Waals surface area contributed by atoms with Gasteiger partial charge in [-0.2, -0.15) is 0 Å². The fourth-order valence-electron chi connectivity index (χ4n) is 1.99. The van der Waals surface area contributed by atoms with E-state index < -0.39 is 20.0 Å². The third-order valence-corrected chi connectivity index (χ3v) is 6.75. The topological polar surface area (TPSA) is 74.8 Å². The molecule has 0 amide bonds. The van der Waals surface area contributed by atoms with Gasteiger partial charge in [-0.1, -0.05) is 17.7 Å². The van der Waals surface area contributed by atoms with E-state index in [1.54, 1.807) is 36.4 Å². The van der Waals surface area contributed by atoms with Crippen LogP contribution in [-0.4, -0.2) is 37.2 Å². The molecule has 0 aromatic heterocycles. The van der Waals surface area contributed by atoms with Crippen LogP contribution in [0.15, 0.2) is 53.4 Å². The largest absolute Gasteiger partial charge is 0.274 e. The second-order valence-corrected chi connectivity index (χ2v) is 9.60. The molecule has 0 spiro atoms. The van der Waals surface area contributed by atoms with Crippen molar-refractivity contribution >= 4 is 43.0 Å². The number of sulfonamides is 2. The lowest BCUT2D eigenvalue weighted by Crippen LogP contribution is -2.27. The number of nitrogens with zero attached hydrogens (tertiary/aromatic N) is 2. The number of hydrogen-bond donors (Lipinski definition) is 0. The fraction of sp³-hybridized carbons (Fsp3) is 0.200. The van der Waals surface area contributed by atoms with Gasteiger partial charge in [0.2, 0.25) is 10.0 Å². The summed E-state index contributed by atoms with van der Waals surface area (Å²) in [5.41, 5.74) is 0.843. The predicted octanol–water partition coefficient (Wildman–Crippen LogP) is 2.56. The van der Waals surface area contributed by atoms with Crippen LogP contribution >= 0.6 is 11.6 Å². The molecule has 0 atom stereocenters. The Hall–Kier alpha value is -1.77. The molecule has 0 saturated carbocycles. The van der Waals surface area contributed by atoms with Crippen LogP contribution in [0, 0.1) is 0 Å². The number of anilines is 2. The molecule has 0 fully saturated rings. The monoisotopic (exact) mass is 388 g/mol. The number of halogens is 1. The van der Waals surface area contributed by atoms with E-state index in [-0.39, 0.29) is 4.90 Å². The van der Waals surface area contributed by atoms with Crippen molar-refractivity contribution in [2.75, 3.05) is 29.0 Å². The maximum atomic E-state index is 12.6. The summed E-state index contributed by atoms with van der Waals surface area (Å²) >= 11 is 5.85. The minimum absolute atomic E-state index is 0.0785. The lowest BCUT2D eigenvalue weighted by Gasteiger charge is -2.21. The van der Waals surface area contributed by atoms with Crippen LogP contribution in [0.3, 0.4) is 0 Å².